The van der Waals surface area contributed by atoms with Crippen LogP contribution in [-0.2, 0) is 9.47 Å². The maximum atomic E-state index is 11.8. The topological polar surface area (TPSA) is 93.9 Å². The molecule has 1 aromatic rings. The van der Waals surface area contributed by atoms with E-state index < -0.39 is 0 Å². The van der Waals surface area contributed by atoms with Gasteiger partial charge in [-0.2, -0.15) is 0 Å². The first-order valence-corrected chi connectivity index (χ1v) is 8.55. The summed E-state index contributed by atoms with van der Waals surface area (Å²) in [6.07, 6.45) is 3.42. The molecule has 1 aliphatic rings. The van der Waals surface area contributed by atoms with E-state index >= 15 is 0 Å². The summed E-state index contributed by atoms with van der Waals surface area (Å²) in [6, 6.07) is 0. The van der Waals surface area contributed by atoms with Gasteiger partial charge in [-0.05, 0) is 18.8 Å². The second kappa shape index (κ2) is 9.47. The van der Waals surface area contributed by atoms with Crippen molar-refractivity contribution in [3.8, 4) is 0 Å². The third-order valence-corrected chi connectivity index (χ3v) is 4.48. The summed E-state index contributed by atoms with van der Waals surface area (Å²) < 4.78 is 10.3. The van der Waals surface area contributed by atoms with E-state index in [2.05, 4.69) is 16.9 Å². The molecule has 1 aromatic heterocycles. The van der Waals surface area contributed by atoms with Gasteiger partial charge in [0.25, 0.3) is 0 Å². The van der Waals surface area contributed by atoms with Gasteiger partial charge in [0.1, 0.15) is 6.33 Å². The molecule has 0 aromatic carbocycles. The highest BCUT2D eigenvalue weighted by atomic mass is 16.6. The van der Waals surface area contributed by atoms with Crippen molar-refractivity contribution in [3.05, 3.63) is 16.4 Å². The minimum Gasteiger partial charge on any atom is -0.383 e. The standard InChI is InChI=1S/C16H27N5O4/c1-13-4-6-19(7-5-13)15-14(21(22)23)16(18-12-17-15)20(8-10-24-2)9-11-25-3/h12-13H,4-11H2,1-3H3. The fourth-order valence-corrected chi connectivity index (χ4v) is 2.93. The van der Waals surface area contributed by atoms with Crippen molar-refractivity contribution in [2.45, 2.75) is 19.8 Å². The second-order valence-corrected chi connectivity index (χ2v) is 6.27. The maximum Gasteiger partial charge on any atom is 0.353 e. The monoisotopic (exact) mass is 353 g/mol. The zero-order valence-corrected chi connectivity index (χ0v) is 15.2. The molecule has 1 fully saturated rings. The molecule has 1 aliphatic heterocycles. The van der Waals surface area contributed by atoms with Gasteiger partial charge in [-0.1, -0.05) is 6.92 Å². The van der Waals surface area contributed by atoms with Gasteiger partial charge in [0.05, 0.1) is 18.1 Å². The molecule has 0 unspecified atom stereocenters. The predicted molar refractivity (Wildman–Crippen MR) is 95.3 cm³/mol. The number of ether oxygens (including phenoxy) is 2. The number of nitro groups is 1. The Morgan fingerprint density at radius 1 is 1.24 bits per heavy atom. The lowest BCUT2D eigenvalue weighted by molar-refractivity contribution is -0.383. The summed E-state index contributed by atoms with van der Waals surface area (Å²) in [5, 5.41) is 11.8. The SMILES string of the molecule is COCCN(CCOC)c1ncnc(N2CCC(C)CC2)c1[N+](=O)[O-]. The van der Waals surface area contributed by atoms with Gasteiger partial charge in [0.2, 0.25) is 11.6 Å². The largest absolute Gasteiger partial charge is 0.383 e. The van der Waals surface area contributed by atoms with Crippen molar-refractivity contribution in [3.63, 3.8) is 0 Å². The van der Waals surface area contributed by atoms with Crippen LogP contribution in [0.5, 0.6) is 0 Å². The third kappa shape index (κ3) is 4.99. The quantitative estimate of drug-likeness (QED) is 0.489. The van der Waals surface area contributed by atoms with Crippen LogP contribution in [0.2, 0.25) is 0 Å². The molecule has 0 radical (unpaired) electrons. The molecule has 0 amide bonds. The van der Waals surface area contributed by atoms with E-state index in [-0.39, 0.29) is 10.6 Å². The molecule has 25 heavy (non-hydrogen) atoms. The Kier molecular flexibility index (Phi) is 7.32. The average Bonchev–Trinajstić information content (AvgIpc) is 2.62. The summed E-state index contributed by atoms with van der Waals surface area (Å²) in [6.45, 7) is 5.63. The Morgan fingerprint density at radius 3 is 2.36 bits per heavy atom. The molecule has 9 heteroatoms. The number of hydrogen-bond donors (Lipinski definition) is 0. The van der Waals surface area contributed by atoms with E-state index in [1.54, 1.807) is 14.2 Å². The highest BCUT2D eigenvalue weighted by Crippen LogP contribution is 2.35. The zero-order chi connectivity index (χ0) is 18.2. The first-order valence-electron chi connectivity index (χ1n) is 8.55. The maximum absolute atomic E-state index is 11.8. The van der Waals surface area contributed by atoms with Crippen LogP contribution >= 0.6 is 0 Å². The van der Waals surface area contributed by atoms with E-state index in [9.17, 15) is 10.1 Å². The van der Waals surface area contributed by atoms with Gasteiger partial charge in [-0.3, -0.25) is 10.1 Å². The van der Waals surface area contributed by atoms with Gasteiger partial charge in [-0.25, -0.2) is 9.97 Å². The molecule has 0 bridgehead atoms. The van der Waals surface area contributed by atoms with E-state index in [0.717, 1.165) is 25.9 Å². The molecule has 9 nitrogen and oxygen atoms in total. The second-order valence-electron chi connectivity index (χ2n) is 6.27. The summed E-state index contributed by atoms with van der Waals surface area (Å²) in [4.78, 5) is 23.7. The Bertz CT molecular complexity index is 555. The van der Waals surface area contributed by atoms with E-state index in [1.807, 2.05) is 9.80 Å². The molecular weight excluding hydrogens is 326 g/mol. The normalized spacial score (nSPS) is 15.4. The molecule has 2 heterocycles. The number of nitrogens with zero attached hydrogens (tertiary/aromatic N) is 5. The van der Waals surface area contributed by atoms with Crippen LogP contribution < -0.4 is 9.80 Å². The van der Waals surface area contributed by atoms with Crippen molar-refractivity contribution >= 4 is 17.3 Å². The average molecular weight is 353 g/mol. The first kappa shape index (κ1) is 19.3. The van der Waals surface area contributed by atoms with Crippen LogP contribution in [0.15, 0.2) is 6.33 Å². The Labute approximate surface area is 148 Å². The van der Waals surface area contributed by atoms with Crippen LogP contribution in [-0.4, -0.2) is 68.5 Å². The van der Waals surface area contributed by atoms with Crippen molar-refractivity contribution < 1.29 is 14.4 Å². The van der Waals surface area contributed by atoms with Gasteiger partial charge in [0.15, 0.2) is 0 Å². The number of piperidine rings is 1. The lowest BCUT2D eigenvalue weighted by Crippen LogP contribution is -2.35. The minimum absolute atomic E-state index is 0.0377. The van der Waals surface area contributed by atoms with Crippen LogP contribution in [0.25, 0.3) is 0 Å². The van der Waals surface area contributed by atoms with E-state index in [0.29, 0.717) is 43.9 Å². The Balaban J connectivity index is 2.35. The van der Waals surface area contributed by atoms with E-state index in [4.69, 9.17) is 9.47 Å². The molecule has 0 spiro atoms. The molecule has 2 rings (SSSR count). The zero-order valence-electron chi connectivity index (χ0n) is 15.2. The van der Waals surface area contributed by atoms with Crippen LogP contribution in [0.1, 0.15) is 19.8 Å². The lowest BCUT2D eigenvalue weighted by Gasteiger charge is -2.31. The molecule has 0 N–H and O–H groups in total. The van der Waals surface area contributed by atoms with Crippen LogP contribution in [0.4, 0.5) is 17.3 Å². The predicted octanol–water partition coefficient (Wildman–Crippen LogP) is 1.72. The summed E-state index contributed by atoms with van der Waals surface area (Å²) in [5.41, 5.74) is -0.0377. The number of anilines is 2. The van der Waals surface area contributed by atoms with Crippen LogP contribution in [0, 0.1) is 16.0 Å². The van der Waals surface area contributed by atoms with Crippen molar-refractivity contribution in [2.24, 2.45) is 5.92 Å². The van der Waals surface area contributed by atoms with Crippen molar-refractivity contribution in [1.29, 1.82) is 0 Å². The summed E-state index contributed by atoms with van der Waals surface area (Å²) in [7, 11) is 3.20. The van der Waals surface area contributed by atoms with Gasteiger partial charge in [0, 0.05) is 40.4 Å². The van der Waals surface area contributed by atoms with Gasteiger partial charge >= 0.3 is 5.69 Å². The highest BCUT2D eigenvalue weighted by molar-refractivity contribution is 5.71. The summed E-state index contributed by atoms with van der Waals surface area (Å²) >= 11 is 0. The lowest BCUT2D eigenvalue weighted by atomic mass is 9.99. The number of hydrogen-bond acceptors (Lipinski definition) is 8. The fraction of sp³-hybridized carbons (Fsp3) is 0.750. The van der Waals surface area contributed by atoms with E-state index in [1.165, 1.54) is 6.33 Å². The molecule has 0 atom stereocenters. The van der Waals surface area contributed by atoms with Gasteiger partial charge < -0.3 is 19.3 Å². The number of rotatable bonds is 9. The molecular formula is C16H27N5O4. The number of aromatic nitrogens is 2. The molecule has 140 valence electrons. The smallest absolute Gasteiger partial charge is 0.353 e. The van der Waals surface area contributed by atoms with Crippen LogP contribution in [0.3, 0.4) is 0 Å². The third-order valence-electron chi connectivity index (χ3n) is 4.48. The summed E-state index contributed by atoms with van der Waals surface area (Å²) in [5.74, 6) is 1.36. The first-order chi connectivity index (χ1) is 12.1. The Hall–Kier alpha value is -2.00. The van der Waals surface area contributed by atoms with Crippen molar-refractivity contribution in [1.82, 2.24) is 9.97 Å². The van der Waals surface area contributed by atoms with Gasteiger partial charge in [-0.15, -0.1) is 0 Å². The highest BCUT2D eigenvalue weighted by Gasteiger charge is 2.31. The fourth-order valence-electron chi connectivity index (χ4n) is 2.93. The molecule has 0 saturated carbocycles. The number of methoxy groups -OCH3 is 2. The Morgan fingerprint density at radius 2 is 1.84 bits per heavy atom. The van der Waals surface area contributed by atoms with Crippen molar-refractivity contribution in [2.75, 3.05) is 63.4 Å². The molecule has 1 saturated heterocycles. The molecule has 0 aliphatic carbocycles. The minimum atomic E-state index is -0.380.